The molecule has 1 atom stereocenters. The number of hydrogen-bond donors (Lipinski definition) is 3. The summed E-state index contributed by atoms with van der Waals surface area (Å²) in [6.07, 6.45) is 3.92. The second-order valence-electron chi connectivity index (χ2n) is 6.87. The molecule has 0 heterocycles. The van der Waals surface area contributed by atoms with E-state index < -0.39 is 17.9 Å². The topological polar surface area (TPSA) is 95.5 Å². The molecule has 3 amide bonds. The molecule has 1 rings (SSSR count). The highest BCUT2D eigenvalue weighted by Crippen LogP contribution is 2.34. The van der Waals surface area contributed by atoms with Crippen molar-refractivity contribution in [1.82, 2.24) is 10.6 Å². The van der Waals surface area contributed by atoms with Crippen LogP contribution in [0.15, 0.2) is 0 Å². The number of nitrogens with one attached hydrogen (secondary N) is 2. The number of carboxylic acid groups (broad SMARTS) is 1. The average Bonchev–Trinajstić information content (AvgIpc) is 2.30. The summed E-state index contributed by atoms with van der Waals surface area (Å²) in [5.41, 5.74) is 0.330. The van der Waals surface area contributed by atoms with Crippen LogP contribution in [0.2, 0.25) is 0 Å². The van der Waals surface area contributed by atoms with Crippen molar-refractivity contribution in [3.05, 3.63) is 0 Å². The van der Waals surface area contributed by atoms with Crippen LogP contribution in [0.1, 0.15) is 59.3 Å². The highest BCUT2D eigenvalue weighted by atomic mass is 16.4. The van der Waals surface area contributed by atoms with Gasteiger partial charge in [0.1, 0.15) is 0 Å². The highest BCUT2D eigenvalue weighted by Gasteiger charge is 2.27. The minimum atomic E-state index is -0.940. The van der Waals surface area contributed by atoms with E-state index in [-0.39, 0.29) is 24.8 Å². The Morgan fingerprint density at radius 3 is 2.29 bits per heavy atom. The molecule has 0 aromatic carbocycles. The molecule has 1 saturated carbocycles. The van der Waals surface area contributed by atoms with Crippen LogP contribution >= 0.6 is 0 Å². The van der Waals surface area contributed by atoms with Gasteiger partial charge < -0.3 is 10.4 Å². The van der Waals surface area contributed by atoms with E-state index in [1.165, 1.54) is 0 Å². The molecule has 0 spiro atoms. The fourth-order valence-corrected chi connectivity index (χ4v) is 2.63. The van der Waals surface area contributed by atoms with Crippen LogP contribution in [0.5, 0.6) is 0 Å². The fraction of sp³-hybridized carbons (Fsp3) is 0.800. The first-order chi connectivity index (χ1) is 9.68. The molecule has 6 nitrogen and oxygen atoms in total. The molecule has 0 aliphatic heterocycles. The molecule has 1 aliphatic rings. The molecule has 120 valence electrons. The lowest BCUT2D eigenvalue weighted by molar-refractivity contribution is -0.138. The maximum absolute atomic E-state index is 11.7. The van der Waals surface area contributed by atoms with Crippen LogP contribution in [-0.2, 0) is 9.59 Å². The first-order valence-electron chi connectivity index (χ1n) is 7.50. The zero-order chi connectivity index (χ0) is 16.0. The number of aliphatic carboxylic acids is 1. The smallest absolute Gasteiger partial charge is 0.321 e. The monoisotopic (exact) mass is 298 g/mol. The lowest BCUT2D eigenvalue weighted by Crippen LogP contribution is -2.46. The van der Waals surface area contributed by atoms with Gasteiger partial charge in [0.25, 0.3) is 0 Å². The van der Waals surface area contributed by atoms with E-state index in [2.05, 4.69) is 24.5 Å². The van der Waals surface area contributed by atoms with Gasteiger partial charge in [-0.25, -0.2) is 4.79 Å². The first-order valence-corrected chi connectivity index (χ1v) is 7.50. The van der Waals surface area contributed by atoms with Crippen LogP contribution in [0.25, 0.3) is 0 Å². The van der Waals surface area contributed by atoms with Gasteiger partial charge in [-0.3, -0.25) is 14.9 Å². The molecule has 3 N–H and O–H groups in total. The predicted molar refractivity (Wildman–Crippen MR) is 78.7 cm³/mol. The van der Waals surface area contributed by atoms with E-state index in [1.54, 1.807) is 6.92 Å². The standard InChI is InChI=1S/C15H26N2O4/c1-10(9-13(19)20)8-12(18)17-14(21)16-11-4-6-15(2,3)7-5-11/h10-11H,4-9H2,1-3H3,(H,19,20)(H2,16,17,18,21). The molecule has 1 fully saturated rings. The SMILES string of the molecule is CC(CC(=O)O)CC(=O)NC(=O)NC1CCC(C)(C)CC1. The number of urea groups is 1. The summed E-state index contributed by atoms with van der Waals surface area (Å²) in [6.45, 7) is 6.11. The highest BCUT2D eigenvalue weighted by molar-refractivity contribution is 5.94. The predicted octanol–water partition coefficient (Wildman–Crippen LogP) is 2.28. The summed E-state index contributed by atoms with van der Waals surface area (Å²) < 4.78 is 0. The Labute approximate surface area is 125 Å². The van der Waals surface area contributed by atoms with Gasteiger partial charge in [-0.1, -0.05) is 20.8 Å². The van der Waals surface area contributed by atoms with Crippen molar-refractivity contribution in [1.29, 1.82) is 0 Å². The molecule has 6 heteroatoms. The van der Waals surface area contributed by atoms with Crippen LogP contribution < -0.4 is 10.6 Å². The third kappa shape index (κ3) is 7.11. The molecule has 1 aliphatic carbocycles. The summed E-state index contributed by atoms with van der Waals surface area (Å²) in [5, 5.41) is 13.7. The minimum absolute atomic E-state index is 0.0391. The Morgan fingerprint density at radius 1 is 1.19 bits per heavy atom. The van der Waals surface area contributed by atoms with E-state index in [1.807, 2.05) is 0 Å². The van der Waals surface area contributed by atoms with Crippen molar-refractivity contribution in [3.63, 3.8) is 0 Å². The van der Waals surface area contributed by atoms with Gasteiger partial charge in [0.2, 0.25) is 5.91 Å². The van der Waals surface area contributed by atoms with Crippen LogP contribution in [0.3, 0.4) is 0 Å². The van der Waals surface area contributed by atoms with E-state index in [0.717, 1.165) is 25.7 Å². The lowest BCUT2D eigenvalue weighted by Gasteiger charge is -2.34. The number of carbonyl (C=O) groups excluding carboxylic acids is 2. The zero-order valence-corrected chi connectivity index (χ0v) is 13.1. The molecule has 0 aromatic heterocycles. The van der Waals surface area contributed by atoms with Crippen LogP contribution in [0, 0.1) is 11.3 Å². The summed E-state index contributed by atoms with van der Waals surface area (Å²) in [4.78, 5) is 33.9. The summed E-state index contributed by atoms with van der Waals surface area (Å²) in [6, 6.07) is -0.366. The van der Waals surface area contributed by atoms with Gasteiger partial charge in [-0.2, -0.15) is 0 Å². The summed E-state index contributed by atoms with van der Waals surface area (Å²) in [5.74, 6) is -1.66. The number of carbonyl (C=O) groups is 3. The number of carboxylic acids is 1. The largest absolute Gasteiger partial charge is 0.481 e. The van der Waals surface area contributed by atoms with Crippen molar-refractivity contribution in [2.75, 3.05) is 0 Å². The fourth-order valence-electron chi connectivity index (χ4n) is 2.63. The normalized spacial score (nSPS) is 19.6. The number of amides is 3. The minimum Gasteiger partial charge on any atom is -0.481 e. The lowest BCUT2D eigenvalue weighted by atomic mass is 9.76. The molecule has 0 radical (unpaired) electrons. The molecule has 1 unspecified atom stereocenters. The molecular formula is C15H26N2O4. The van der Waals surface area contributed by atoms with Crippen molar-refractivity contribution in [2.45, 2.75) is 65.3 Å². The first kappa shape index (κ1) is 17.5. The Balaban J connectivity index is 2.27. The number of imide groups is 1. The van der Waals surface area contributed by atoms with E-state index in [9.17, 15) is 14.4 Å². The molecule has 0 bridgehead atoms. The van der Waals surface area contributed by atoms with Gasteiger partial charge in [-0.15, -0.1) is 0 Å². The van der Waals surface area contributed by atoms with Crippen LogP contribution in [-0.4, -0.2) is 29.1 Å². The Kier molecular flexibility index (Phi) is 6.18. The van der Waals surface area contributed by atoms with Crippen LogP contribution in [0.4, 0.5) is 4.79 Å². The average molecular weight is 298 g/mol. The Bertz CT molecular complexity index is 396. The van der Waals surface area contributed by atoms with Crippen molar-refractivity contribution >= 4 is 17.9 Å². The second-order valence-corrected chi connectivity index (χ2v) is 6.87. The summed E-state index contributed by atoms with van der Waals surface area (Å²) >= 11 is 0. The number of rotatable bonds is 5. The van der Waals surface area contributed by atoms with E-state index in [0.29, 0.717) is 5.41 Å². The van der Waals surface area contributed by atoms with Crippen molar-refractivity contribution < 1.29 is 19.5 Å². The van der Waals surface area contributed by atoms with E-state index in [4.69, 9.17) is 5.11 Å². The maximum Gasteiger partial charge on any atom is 0.321 e. The maximum atomic E-state index is 11.7. The van der Waals surface area contributed by atoms with Gasteiger partial charge in [0.05, 0.1) is 0 Å². The second kappa shape index (κ2) is 7.43. The third-order valence-corrected chi connectivity index (χ3v) is 3.98. The Morgan fingerprint density at radius 2 is 1.76 bits per heavy atom. The molecular weight excluding hydrogens is 272 g/mol. The quantitative estimate of drug-likeness (QED) is 0.725. The molecule has 0 aromatic rings. The van der Waals surface area contributed by atoms with Crippen molar-refractivity contribution in [2.24, 2.45) is 11.3 Å². The molecule has 21 heavy (non-hydrogen) atoms. The Hall–Kier alpha value is -1.59. The third-order valence-electron chi connectivity index (χ3n) is 3.98. The van der Waals surface area contributed by atoms with Gasteiger partial charge >= 0.3 is 12.0 Å². The summed E-state index contributed by atoms with van der Waals surface area (Å²) in [7, 11) is 0. The van der Waals surface area contributed by atoms with Gasteiger partial charge in [0, 0.05) is 18.9 Å². The van der Waals surface area contributed by atoms with Crippen molar-refractivity contribution in [3.8, 4) is 0 Å². The van der Waals surface area contributed by atoms with Gasteiger partial charge in [-0.05, 0) is 37.0 Å². The van der Waals surface area contributed by atoms with E-state index >= 15 is 0 Å². The zero-order valence-electron chi connectivity index (χ0n) is 13.1. The molecule has 0 saturated heterocycles. The number of hydrogen-bond acceptors (Lipinski definition) is 3. The van der Waals surface area contributed by atoms with Gasteiger partial charge in [0.15, 0.2) is 0 Å².